The maximum atomic E-state index is 11.5. The van der Waals surface area contributed by atoms with E-state index in [4.69, 9.17) is 0 Å². The number of para-hydroxylation sites is 1. The van der Waals surface area contributed by atoms with Gasteiger partial charge in [-0.2, -0.15) is 0 Å². The van der Waals surface area contributed by atoms with Gasteiger partial charge >= 0.3 is 6.03 Å². The average molecular weight is 190 g/mol. The van der Waals surface area contributed by atoms with E-state index < -0.39 is 0 Å². The zero-order valence-corrected chi connectivity index (χ0v) is 8.23. The predicted octanol–water partition coefficient (Wildman–Crippen LogP) is 2.02. The second-order valence-corrected chi connectivity index (χ2v) is 2.79. The van der Waals surface area contributed by atoms with Gasteiger partial charge in [-0.05, 0) is 12.1 Å². The second kappa shape index (κ2) is 5.07. The van der Waals surface area contributed by atoms with Gasteiger partial charge in [-0.3, -0.25) is 4.90 Å². The molecule has 0 atom stereocenters. The molecule has 0 aromatic heterocycles. The Kier molecular flexibility index (Phi) is 3.73. The van der Waals surface area contributed by atoms with Gasteiger partial charge in [0.05, 0.1) is 0 Å². The van der Waals surface area contributed by atoms with Crippen molar-refractivity contribution in [2.45, 2.75) is 0 Å². The summed E-state index contributed by atoms with van der Waals surface area (Å²) in [6, 6.07) is 9.36. The van der Waals surface area contributed by atoms with Crippen LogP contribution in [0.1, 0.15) is 0 Å². The Morgan fingerprint density at radius 2 is 2.14 bits per heavy atom. The van der Waals surface area contributed by atoms with Crippen molar-refractivity contribution < 1.29 is 4.79 Å². The topological polar surface area (TPSA) is 32.3 Å². The second-order valence-electron chi connectivity index (χ2n) is 2.79. The fraction of sp³-hybridized carbons (Fsp3) is 0.182. The number of nitrogens with one attached hydrogen (secondary N) is 1. The van der Waals surface area contributed by atoms with Gasteiger partial charge in [0, 0.05) is 19.3 Å². The molecule has 0 aliphatic carbocycles. The van der Waals surface area contributed by atoms with Gasteiger partial charge in [-0.25, -0.2) is 4.79 Å². The van der Waals surface area contributed by atoms with E-state index in [0.717, 1.165) is 5.69 Å². The van der Waals surface area contributed by atoms with Crippen molar-refractivity contribution in [2.75, 3.05) is 18.5 Å². The van der Waals surface area contributed by atoms with Gasteiger partial charge in [0.25, 0.3) is 0 Å². The van der Waals surface area contributed by atoms with Crippen molar-refractivity contribution in [3.8, 4) is 0 Å². The third-order valence-electron chi connectivity index (χ3n) is 1.84. The summed E-state index contributed by atoms with van der Waals surface area (Å²) in [7, 11) is 1.61. The molecule has 0 saturated carbocycles. The third kappa shape index (κ3) is 2.36. The summed E-state index contributed by atoms with van der Waals surface area (Å²) in [6.45, 7) is 4.12. The van der Waals surface area contributed by atoms with Crippen LogP contribution in [-0.2, 0) is 0 Å². The summed E-state index contributed by atoms with van der Waals surface area (Å²) < 4.78 is 0. The molecule has 0 heterocycles. The number of amides is 2. The molecule has 3 nitrogen and oxygen atoms in total. The van der Waals surface area contributed by atoms with Crippen LogP contribution in [0.5, 0.6) is 0 Å². The lowest BCUT2D eigenvalue weighted by Gasteiger charge is -2.20. The van der Waals surface area contributed by atoms with Crippen LogP contribution in [0.25, 0.3) is 0 Å². The predicted molar refractivity (Wildman–Crippen MR) is 58.4 cm³/mol. The van der Waals surface area contributed by atoms with Crippen molar-refractivity contribution in [2.24, 2.45) is 0 Å². The number of benzene rings is 1. The highest BCUT2D eigenvalue weighted by atomic mass is 16.2. The molecule has 1 aromatic rings. The Balaban J connectivity index is 2.88. The van der Waals surface area contributed by atoms with Crippen LogP contribution in [0.15, 0.2) is 43.0 Å². The molecule has 2 amide bonds. The third-order valence-corrected chi connectivity index (χ3v) is 1.84. The van der Waals surface area contributed by atoms with Crippen LogP contribution in [-0.4, -0.2) is 19.6 Å². The molecule has 0 aliphatic rings. The van der Waals surface area contributed by atoms with Crippen LogP contribution in [0.4, 0.5) is 10.5 Å². The summed E-state index contributed by atoms with van der Waals surface area (Å²) in [5.74, 6) is 0. The molecule has 14 heavy (non-hydrogen) atoms. The summed E-state index contributed by atoms with van der Waals surface area (Å²) in [5.41, 5.74) is 0.867. The van der Waals surface area contributed by atoms with E-state index in [1.54, 1.807) is 18.0 Å². The Hall–Kier alpha value is -1.77. The van der Waals surface area contributed by atoms with Crippen LogP contribution in [0.2, 0.25) is 0 Å². The first-order valence-electron chi connectivity index (χ1n) is 4.44. The van der Waals surface area contributed by atoms with Crippen molar-refractivity contribution in [1.82, 2.24) is 5.32 Å². The Morgan fingerprint density at radius 1 is 1.50 bits per heavy atom. The molecule has 0 fully saturated rings. The van der Waals surface area contributed by atoms with Crippen LogP contribution < -0.4 is 10.2 Å². The first kappa shape index (κ1) is 10.3. The number of urea groups is 1. The monoisotopic (exact) mass is 190 g/mol. The van der Waals surface area contributed by atoms with Crippen LogP contribution in [0, 0.1) is 0 Å². The maximum Gasteiger partial charge on any atom is 0.321 e. The summed E-state index contributed by atoms with van der Waals surface area (Å²) in [5, 5.41) is 2.59. The summed E-state index contributed by atoms with van der Waals surface area (Å²) >= 11 is 0. The molecule has 1 aromatic carbocycles. The largest absolute Gasteiger partial charge is 0.341 e. The fourth-order valence-corrected chi connectivity index (χ4v) is 1.18. The smallest absolute Gasteiger partial charge is 0.321 e. The maximum absolute atomic E-state index is 11.5. The number of nitrogens with zero attached hydrogens (tertiary/aromatic N) is 1. The highest BCUT2D eigenvalue weighted by molar-refractivity contribution is 5.91. The number of hydrogen-bond acceptors (Lipinski definition) is 1. The number of carbonyl (C=O) groups is 1. The van der Waals surface area contributed by atoms with Crippen molar-refractivity contribution in [3.05, 3.63) is 43.0 Å². The quantitative estimate of drug-likeness (QED) is 0.726. The van der Waals surface area contributed by atoms with E-state index >= 15 is 0 Å². The van der Waals surface area contributed by atoms with Crippen LogP contribution in [0.3, 0.4) is 0 Å². The van der Waals surface area contributed by atoms with Gasteiger partial charge in [-0.1, -0.05) is 24.3 Å². The van der Waals surface area contributed by atoms with Crippen molar-refractivity contribution in [1.29, 1.82) is 0 Å². The number of hydrogen-bond donors (Lipinski definition) is 1. The summed E-state index contributed by atoms with van der Waals surface area (Å²) in [6.07, 6.45) is 1.70. The molecule has 0 saturated heterocycles. The standard InChI is InChI=1S/C11H14N2O/c1-3-9-13(11(14)12-2)10-7-5-4-6-8-10/h3-8H,1,9H2,2H3,(H,12,14). The number of carbonyl (C=O) groups excluding carboxylic acids is 1. The van der Waals surface area contributed by atoms with Gasteiger partial charge in [0.1, 0.15) is 0 Å². The zero-order valence-electron chi connectivity index (χ0n) is 8.23. The molecule has 1 N–H and O–H groups in total. The molecule has 74 valence electrons. The number of rotatable bonds is 3. The summed E-state index contributed by atoms with van der Waals surface area (Å²) in [4.78, 5) is 13.1. The SMILES string of the molecule is C=CCN(C(=O)NC)c1ccccc1. The molecule has 0 spiro atoms. The molecule has 0 bridgehead atoms. The lowest BCUT2D eigenvalue weighted by atomic mass is 10.3. The highest BCUT2D eigenvalue weighted by Gasteiger charge is 2.10. The fourth-order valence-electron chi connectivity index (χ4n) is 1.18. The van der Waals surface area contributed by atoms with E-state index in [9.17, 15) is 4.79 Å². The Bertz CT molecular complexity index is 308. The minimum Gasteiger partial charge on any atom is -0.341 e. The molecular formula is C11H14N2O. The van der Waals surface area contributed by atoms with Crippen LogP contribution >= 0.6 is 0 Å². The lowest BCUT2D eigenvalue weighted by Crippen LogP contribution is -2.38. The van der Waals surface area contributed by atoms with E-state index in [1.807, 2.05) is 30.3 Å². The van der Waals surface area contributed by atoms with Crippen molar-refractivity contribution in [3.63, 3.8) is 0 Å². The minimum atomic E-state index is -0.129. The van der Waals surface area contributed by atoms with Gasteiger partial charge in [-0.15, -0.1) is 6.58 Å². The highest BCUT2D eigenvalue weighted by Crippen LogP contribution is 2.12. The van der Waals surface area contributed by atoms with E-state index in [1.165, 1.54) is 0 Å². The normalized spacial score (nSPS) is 9.21. The first-order chi connectivity index (χ1) is 6.79. The Labute approximate surface area is 84.0 Å². The minimum absolute atomic E-state index is 0.129. The Morgan fingerprint density at radius 3 is 2.64 bits per heavy atom. The average Bonchev–Trinajstić information content (AvgIpc) is 2.26. The first-order valence-corrected chi connectivity index (χ1v) is 4.44. The molecule has 0 aliphatic heterocycles. The molecular weight excluding hydrogens is 176 g/mol. The van der Waals surface area contributed by atoms with Gasteiger partial charge in [0.15, 0.2) is 0 Å². The number of anilines is 1. The molecule has 0 unspecified atom stereocenters. The van der Waals surface area contributed by atoms with Crippen molar-refractivity contribution >= 4 is 11.7 Å². The van der Waals surface area contributed by atoms with E-state index in [2.05, 4.69) is 11.9 Å². The van der Waals surface area contributed by atoms with Gasteiger partial charge < -0.3 is 5.32 Å². The molecule has 0 radical (unpaired) electrons. The molecule has 1 rings (SSSR count). The molecule has 3 heteroatoms. The zero-order chi connectivity index (χ0) is 10.4. The van der Waals surface area contributed by atoms with E-state index in [0.29, 0.717) is 6.54 Å². The van der Waals surface area contributed by atoms with Gasteiger partial charge in [0.2, 0.25) is 0 Å². The van der Waals surface area contributed by atoms with E-state index in [-0.39, 0.29) is 6.03 Å². The lowest BCUT2D eigenvalue weighted by molar-refractivity contribution is 0.249.